The maximum Gasteiger partial charge on any atom is 0.416 e. The van der Waals surface area contributed by atoms with E-state index in [1.54, 1.807) is 74.5 Å². The van der Waals surface area contributed by atoms with Crippen LogP contribution in [0.15, 0.2) is 109 Å². The molecule has 0 aliphatic heterocycles. The van der Waals surface area contributed by atoms with Gasteiger partial charge in [-0.3, -0.25) is 4.79 Å². The van der Waals surface area contributed by atoms with Gasteiger partial charge in [0.05, 0.1) is 56.4 Å². The summed E-state index contributed by atoms with van der Waals surface area (Å²) in [6.07, 6.45) is -9.05. The Morgan fingerprint density at radius 1 is 0.522 bits per heavy atom. The number of aromatic nitrogens is 4. The summed E-state index contributed by atoms with van der Waals surface area (Å²) in [5, 5.41) is 9.21. The van der Waals surface area contributed by atoms with E-state index in [2.05, 4.69) is 10.2 Å². The Balaban J connectivity index is 1.57. The zero-order chi connectivity index (χ0) is 32.8. The number of carbonyl (C=O) groups is 1. The molecule has 2 heterocycles. The van der Waals surface area contributed by atoms with Crippen LogP contribution in [0.5, 0.6) is 0 Å². The number of hydrogen-bond acceptors (Lipinski definition) is 3. The van der Waals surface area contributed by atoms with Gasteiger partial charge in [0.25, 0.3) is 0 Å². The second-order valence-corrected chi connectivity index (χ2v) is 10.6. The van der Waals surface area contributed by atoms with E-state index in [4.69, 9.17) is 0 Å². The van der Waals surface area contributed by atoms with Crippen LogP contribution < -0.4 is 0 Å². The number of hydrogen-bond donors (Lipinski definition) is 0. The first-order valence-corrected chi connectivity index (χ1v) is 14.0. The molecule has 0 N–H and O–H groups in total. The van der Waals surface area contributed by atoms with Gasteiger partial charge in [-0.2, -0.15) is 36.5 Å². The quantitative estimate of drug-likeness (QED) is 0.136. The van der Waals surface area contributed by atoms with Gasteiger partial charge in [0, 0.05) is 11.1 Å². The van der Waals surface area contributed by atoms with Gasteiger partial charge in [0.2, 0.25) is 5.78 Å². The minimum absolute atomic E-state index is 0.207. The minimum atomic E-state index is -4.53. The summed E-state index contributed by atoms with van der Waals surface area (Å²) in [6.45, 7) is 3.27. The third-order valence-corrected chi connectivity index (χ3v) is 7.55. The van der Waals surface area contributed by atoms with E-state index in [1.165, 1.54) is 33.6 Å². The van der Waals surface area contributed by atoms with Crippen LogP contribution in [-0.4, -0.2) is 25.3 Å². The van der Waals surface area contributed by atoms with Crippen molar-refractivity contribution >= 4 is 5.78 Å². The van der Waals surface area contributed by atoms with Crippen LogP contribution >= 0.6 is 0 Å². The molecule has 0 saturated heterocycles. The summed E-state index contributed by atoms with van der Waals surface area (Å²) >= 11 is 0. The number of alkyl halides is 6. The van der Waals surface area contributed by atoms with Crippen molar-refractivity contribution in [2.24, 2.45) is 0 Å². The lowest BCUT2D eigenvalue weighted by Gasteiger charge is -2.13. The van der Waals surface area contributed by atoms with Crippen LogP contribution in [0.25, 0.3) is 33.9 Å². The van der Waals surface area contributed by atoms with E-state index in [9.17, 15) is 31.1 Å². The number of ketones is 1. The molecule has 0 aliphatic carbocycles. The molecule has 0 bridgehead atoms. The Morgan fingerprint density at radius 3 is 1.15 bits per heavy atom. The first kappa shape index (κ1) is 30.6. The van der Waals surface area contributed by atoms with Crippen molar-refractivity contribution in [1.29, 1.82) is 0 Å². The smallest absolute Gasteiger partial charge is 0.288 e. The van der Waals surface area contributed by atoms with E-state index in [-0.39, 0.29) is 11.1 Å². The van der Waals surface area contributed by atoms with E-state index >= 15 is 0 Å². The van der Waals surface area contributed by atoms with Gasteiger partial charge in [-0.15, -0.1) is 0 Å². The van der Waals surface area contributed by atoms with Gasteiger partial charge in [0.15, 0.2) is 0 Å². The maximum atomic E-state index is 14.7. The molecule has 0 fully saturated rings. The van der Waals surface area contributed by atoms with E-state index in [1.807, 2.05) is 0 Å². The molecule has 6 rings (SSSR count). The number of nitrogens with zero attached hydrogens (tertiary/aromatic N) is 4. The Morgan fingerprint density at radius 2 is 0.848 bits per heavy atom. The van der Waals surface area contributed by atoms with E-state index < -0.39 is 29.3 Å². The normalized spacial score (nSPS) is 12.0. The molecule has 2 aromatic heterocycles. The minimum Gasteiger partial charge on any atom is -0.288 e. The molecule has 6 aromatic rings. The van der Waals surface area contributed by atoms with Gasteiger partial charge in [-0.25, -0.2) is 9.36 Å². The average molecular weight is 631 g/mol. The molecule has 232 valence electrons. The highest BCUT2D eigenvalue weighted by Gasteiger charge is 2.33. The molecule has 0 aliphatic rings. The predicted molar refractivity (Wildman–Crippen MR) is 161 cm³/mol. The van der Waals surface area contributed by atoms with Crippen molar-refractivity contribution in [3.63, 3.8) is 0 Å². The lowest BCUT2D eigenvalue weighted by Crippen LogP contribution is -2.09. The van der Waals surface area contributed by atoms with Crippen molar-refractivity contribution in [2.75, 3.05) is 0 Å². The second-order valence-electron chi connectivity index (χ2n) is 10.6. The Hall–Kier alpha value is -5.45. The molecule has 11 heteroatoms. The fourth-order valence-electron chi connectivity index (χ4n) is 5.41. The van der Waals surface area contributed by atoms with E-state index in [0.29, 0.717) is 45.3 Å². The summed E-state index contributed by atoms with van der Waals surface area (Å²) in [5.41, 5.74) is 1.97. The van der Waals surface area contributed by atoms with Crippen LogP contribution in [0.2, 0.25) is 0 Å². The van der Waals surface area contributed by atoms with Crippen molar-refractivity contribution < 1.29 is 31.1 Å². The molecular formula is C35H24F6N4O. The highest BCUT2D eigenvalue weighted by Crippen LogP contribution is 2.37. The Bertz CT molecular complexity index is 1880. The first-order valence-electron chi connectivity index (χ1n) is 14.0. The number of aryl methyl sites for hydroxylation is 2. The fraction of sp³-hybridized carbons (Fsp3) is 0.114. The summed E-state index contributed by atoms with van der Waals surface area (Å²) in [4.78, 5) is 14.7. The third kappa shape index (κ3) is 5.60. The van der Waals surface area contributed by atoms with Crippen LogP contribution in [-0.2, 0) is 12.4 Å². The molecule has 5 nitrogen and oxygen atoms in total. The molecule has 4 aromatic carbocycles. The van der Waals surface area contributed by atoms with Crippen molar-refractivity contribution in [3.05, 3.63) is 143 Å². The standard InChI is InChI=1S/C35H24F6N4O/c1-21-29(31(23-9-5-3-6-10-23)44(42-21)27-17-13-25(14-18-27)34(36,37)38)33(46)30-22(2)43-45(32(30)24-11-7-4-8-12-24)28-19-15-26(16-20-28)35(39,40)41/h3-20H,1-2H3. The monoisotopic (exact) mass is 630 g/mol. The van der Waals surface area contributed by atoms with Crippen molar-refractivity contribution in [1.82, 2.24) is 19.6 Å². The summed E-state index contributed by atoms with van der Waals surface area (Å²) in [5.74, 6) is -0.455. The zero-order valence-corrected chi connectivity index (χ0v) is 24.4. The maximum absolute atomic E-state index is 14.7. The molecule has 0 unspecified atom stereocenters. The van der Waals surface area contributed by atoms with Gasteiger partial charge in [0.1, 0.15) is 0 Å². The largest absolute Gasteiger partial charge is 0.416 e. The lowest BCUT2D eigenvalue weighted by molar-refractivity contribution is -0.138. The molecular weight excluding hydrogens is 606 g/mol. The molecule has 46 heavy (non-hydrogen) atoms. The van der Waals surface area contributed by atoms with Crippen LogP contribution in [0.3, 0.4) is 0 Å². The SMILES string of the molecule is Cc1nn(-c2ccc(C(F)(F)F)cc2)c(-c2ccccc2)c1C(=O)c1c(C)nn(-c2ccc(C(F)(F)F)cc2)c1-c1ccccc1. The summed E-state index contributed by atoms with van der Waals surface area (Å²) in [6, 6.07) is 26.7. The lowest BCUT2D eigenvalue weighted by atomic mass is 9.94. The number of carbonyl (C=O) groups excluding carboxylic acids is 1. The highest BCUT2D eigenvalue weighted by atomic mass is 19.4. The molecule has 0 atom stereocenters. The third-order valence-electron chi connectivity index (χ3n) is 7.55. The number of benzene rings is 4. The van der Waals surface area contributed by atoms with Crippen molar-refractivity contribution in [2.45, 2.75) is 26.2 Å². The first-order chi connectivity index (χ1) is 21.8. The van der Waals surface area contributed by atoms with Crippen LogP contribution in [0, 0.1) is 13.8 Å². The van der Waals surface area contributed by atoms with Gasteiger partial charge >= 0.3 is 12.4 Å². The van der Waals surface area contributed by atoms with Gasteiger partial charge in [-0.1, -0.05) is 60.7 Å². The highest BCUT2D eigenvalue weighted by molar-refractivity contribution is 6.17. The molecule has 0 amide bonds. The van der Waals surface area contributed by atoms with Crippen LogP contribution in [0.1, 0.15) is 38.4 Å². The topological polar surface area (TPSA) is 52.7 Å². The summed E-state index contributed by atoms with van der Waals surface area (Å²) in [7, 11) is 0. The van der Waals surface area contributed by atoms with Crippen molar-refractivity contribution in [3.8, 4) is 33.9 Å². The fourth-order valence-corrected chi connectivity index (χ4v) is 5.41. The average Bonchev–Trinajstić information content (AvgIpc) is 3.57. The molecule has 0 radical (unpaired) electrons. The molecule has 0 spiro atoms. The van der Waals surface area contributed by atoms with Gasteiger partial charge in [-0.05, 0) is 62.4 Å². The zero-order valence-electron chi connectivity index (χ0n) is 24.4. The number of rotatable bonds is 6. The van der Waals surface area contributed by atoms with Crippen LogP contribution in [0.4, 0.5) is 26.3 Å². The predicted octanol–water partition coefficient (Wildman–Crippen LogP) is 9.28. The number of halogens is 6. The Labute approximate surface area is 259 Å². The van der Waals surface area contributed by atoms with Gasteiger partial charge < -0.3 is 0 Å². The van der Waals surface area contributed by atoms with E-state index in [0.717, 1.165) is 24.3 Å². The molecule has 0 saturated carbocycles. The summed E-state index contributed by atoms with van der Waals surface area (Å²) < 4.78 is 82.8. The second kappa shape index (κ2) is 11.5. The Kier molecular flexibility index (Phi) is 7.63.